The van der Waals surface area contributed by atoms with Crippen molar-refractivity contribution in [1.29, 1.82) is 0 Å². The van der Waals surface area contributed by atoms with Crippen LogP contribution in [-0.2, 0) is 9.47 Å². The molecule has 0 bridgehead atoms. The highest BCUT2D eigenvalue weighted by molar-refractivity contribution is 14.0. The third-order valence-electron chi connectivity index (χ3n) is 4.74. The molecule has 2 saturated heterocycles. The second-order valence-electron chi connectivity index (χ2n) is 6.62. The summed E-state index contributed by atoms with van der Waals surface area (Å²) in [6.45, 7) is 5.07. The zero-order valence-electron chi connectivity index (χ0n) is 15.5. The second-order valence-corrected chi connectivity index (χ2v) is 6.62. The summed E-state index contributed by atoms with van der Waals surface area (Å²) in [4.78, 5) is 6.73. The number of benzene rings is 1. The maximum Gasteiger partial charge on any atom is 0.191 e. The molecule has 26 heavy (non-hydrogen) atoms. The summed E-state index contributed by atoms with van der Waals surface area (Å²) in [6, 6.07) is 11.0. The summed E-state index contributed by atoms with van der Waals surface area (Å²) in [7, 11) is 1.81. The van der Waals surface area contributed by atoms with E-state index in [0.29, 0.717) is 25.4 Å². The Kier molecular flexibility index (Phi) is 9.49. The van der Waals surface area contributed by atoms with Crippen molar-refractivity contribution in [3.8, 4) is 0 Å². The van der Waals surface area contributed by atoms with E-state index in [1.165, 1.54) is 5.69 Å². The Balaban J connectivity index is 0.00000243. The fraction of sp³-hybridized carbons (Fsp3) is 0.632. The molecule has 2 unspecified atom stereocenters. The molecule has 146 valence electrons. The van der Waals surface area contributed by atoms with Crippen molar-refractivity contribution >= 4 is 35.6 Å². The Bertz CT molecular complexity index is 538. The number of anilines is 1. The first-order valence-corrected chi connectivity index (χ1v) is 9.31. The highest BCUT2D eigenvalue weighted by atomic mass is 127. The van der Waals surface area contributed by atoms with Crippen molar-refractivity contribution in [3.63, 3.8) is 0 Å². The maximum absolute atomic E-state index is 5.68. The molecule has 2 heterocycles. The molecule has 2 N–H and O–H groups in total. The van der Waals surface area contributed by atoms with Gasteiger partial charge in [-0.2, -0.15) is 0 Å². The zero-order chi connectivity index (χ0) is 17.3. The van der Waals surface area contributed by atoms with E-state index in [9.17, 15) is 0 Å². The minimum atomic E-state index is 0. The first-order chi connectivity index (χ1) is 12.3. The minimum absolute atomic E-state index is 0. The molecule has 2 aliphatic heterocycles. The van der Waals surface area contributed by atoms with Gasteiger partial charge in [-0.05, 0) is 31.4 Å². The van der Waals surface area contributed by atoms with Crippen LogP contribution in [0.4, 0.5) is 5.69 Å². The van der Waals surface area contributed by atoms with E-state index < -0.39 is 0 Å². The highest BCUT2D eigenvalue weighted by Gasteiger charge is 2.23. The fourth-order valence-corrected chi connectivity index (χ4v) is 3.37. The molecule has 1 aromatic carbocycles. The molecular formula is C19H31IN4O2. The standard InChI is InChI=1S/C19H30N4O2.HI/c1-20-19(21-10-13-24-15-18-8-5-12-25-18)22-16-9-11-23(14-16)17-6-3-2-4-7-17;/h2-4,6-7,16,18H,5,8-15H2,1H3,(H2,20,21,22);1H. The number of hydrogen-bond acceptors (Lipinski definition) is 4. The van der Waals surface area contributed by atoms with Crippen molar-refractivity contribution < 1.29 is 9.47 Å². The molecular weight excluding hydrogens is 443 g/mol. The summed E-state index contributed by atoms with van der Waals surface area (Å²) >= 11 is 0. The summed E-state index contributed by atoms with van der Waals surface area (Å²) in [5, 5.41) is 6.85. The van der Waals surface area contributed by atoms with Gasteiger partial charge in [-0.15, -0.1) is 24.0 Å². The van der Waals surface area contributed by atoms with Crippen molar-refractivity contribution in [2.75, 3.05) is 51.4 Å². The van der Waals surface area contributed by atoms with Crippen LogP contribution in [0.15, 0.2) is 35.3 Å². The van der Waals surface area contributed by atoms with E-state index in [4.69, 9.17) is 9.47 Å². The van der Waals surface area contributed by atoms with E-state index in [0.717, 1.165) is 51.5 Å². The molecule has 7 heteroatoms. The van der Waals surface area contributed by atoms with Crippen LogP contribution in [0.25, 0.3) is 0 Å². The number of ether oxygens (including phenoxy) is 2. The van der Waals surface area contributed by atoms with Crippen LogP contribution in [0, 0.1) is 0 Å². The summed E-state index contributed by atoms with van der Waals surface area (Å²) in [5.41, 5.74) is 1.29. The van der Waals surface area contributed by atoms with E-state index >= 15 is 0 Å². The van der Waals surface area contributed by atoms with Crippen molar-refractivity contribution in [2.45, 2.75) is 31.4 Å². The molecule has 2 aliphatic rings. The lowest BCUT2D eigenvalue weighted by Gasteiger charge is -2.20. The lowest BCUT2D eigenvalue weighted by Crippen LogP contribution is -2.45. The van der Waals surface area contributed by atoms with Gasteiger partial charge in [0.15, 0.2) is 5.96 Å². The second kappa shape index (κ2) is 11.6. The lowest BCUT2D eigenvalue weighted by atomic mass is 10.2. The van der Waals surface area contributed by atoms with Gasteiger partial charge in [0, 0.05) is 45.0 Å². The SMILES string of the molecule is CN=C(NCCOCC1CCCO1)NC1CCN(c2ccccc2)C1.I. The quantitative estimate of drug-likeness (QED) is 0.275. The zero-order valence-corrected chi connectivity index (χ0v) is 17.9. The number of halogens is 1. The van der Waals surface area contributed by atoms with Crippen molar-refractivity contribution in [1.82, 2.24) is 10.6 Å². The van der Waals surface area contributed by atoms with Gasteiger partial charge in [0.05, 0.1) is 19.3 Å². The van der Waals surface area contributed by atoms with Crippen LogP contribution >= 0.6 is 24.0 Å². The van der Waals surface area contributed by atoms with Gasteiger partial charge in [0.1, 0.15) is 0 Å². The maximum atomic E-state index is 5.68. The van der Waals surface area contributed by atoms with Gasteiger partial charge in [-0.25, -0.2) is 0 Å². The van der Waals surface area contributed by atoms with Crippen molar-refractivity contribution in [3.05, 3.63) is 30.3 Å². The number of para-hydroxylation sites is 1. The summed E-state index contributed by atoms with van der Waals surface area (Å²) in [6.07, 6.45) is 3.69. The summed E-state index contributed by atoms with van der Waals surface area (Å²) < 4.78 is 11.2. The molecule has 6 nitrogen and oxygen atoms in total. The molecule has 0 amide bonds. The van der Waals surface area contributed by atoms with Gasteiger partial charge in [-0.3, -0.25) is 4.99 Å². The van der Waals surface area contributed by atoms with Crippen LogP contribution in [0.2, 0.25) is 0 Å². The molecule has 2 atom stereocenters. The number of aliphatic imine (C=N–C) groups is 1. The Morgan fingerprint density at radius 1 is 1.31 bits per heavy atom. The van der Waals surface area contributed by atoms with Gasteiger partial charge < -0.3 is 25.0 Å². The van der Waals surface area contributed by atoms with E-state index in [1.807, 2.05) is 7.05 Å². The van der Waals surface area contributed by atoms with Gasteiger partial charge in [0.2, 0.25) is 0 Å². The molecule has 0 saturated carbocycles. The Morgan fingerprint density at radius 2 is 2.15 bits per heavy atom. The Morgan fingerprint density at radius 3 is 2.88 bits per heavy atom. The van der Waals surface area contributed by atoms with Crippen LogP contribution < -0.4 is 15.5 Å². The molecule has 3 rings (SSSR count). The first-order valence-electron chi connectivity index (χ1n) is 9.31. The molecule has 0 radical (unpaired) electrons. The highest BCUT2D eigenvalue weighted by Crippen LogP contribution is 2.19. The first kappa shape index (κ1) is 21.2. The number of nitrogens with zero attached hydrogens (tertiary/aromatic N) is 2. The van der Waals surface area contributed by atoms with Crippen LogP contribution in [-0.4, -0.2) is 64.6 Å². The van der Waals surface area contributed by atoms with Crippen LogP contribution in [0.3, 0.4) is 0 Å². The Labute approximate surface area is 173 Å². The van der Waals surface area contributed by atoms with Gasteiger partial charge >= 0.3 is 0 Å². The predicted octanol–water partition coefficient (Wildman–Crippen LogP) is 2.24. The molecule has 0 aromatic heterocycles. The average Bonchev–Trinajstić information content (AvgIpc) is 3.33. The van der Waals surface area contributed by atoms with E-state index in [1.54, 1.807) is 0 Å². The van der Waals surface area contributed by atoms with Crippen LogP contribution in [0.5, 0.6) is 0 Å². The summed E-state index contributed by atoms with van der Waals surface area (Å²) in [5.74, 6) is 0.848. The predicted molar refractivity (Wildman–Crippen MR) is 117 cm³/mol. The normalized spacial score (nSPS) is 23.0. The topological polar surface area (TPSA) is 58.1 Å². The van der Waals surface area contributed by atoms with E-state index in [-0.39, 0.29) is 24.0 Å². The Hall–Kier alpha value is -1.06. The fourth-order valence-electron chi connectivity index (χ4n) is 3.37. The number of nitrogens with one attached hydrogen (secondary N) is 2. The lowest BCUT2D eigenvalue weighted by molar-refractivity contribution is 0.0191. The van der Waals surface area contributed by atoms with Gasteiger partial charge in [0.25, 0.3) is 0 Å². The monoisotopic (exact) mass is 474 g/mol. The van der Waals surface area contributed by atoms with E-state index in [2.05, 4.69) is 50.9 Å². The average molecular weight is 474 g/mol. The third kappa shape index (κ3) is 6.59. The van der Waals surface area contributed by atoms with Crippen molar-refractivity contribution in [2.24, 2.45) is 4.99 Å². The number of hydrogen-bond donors (Lipinski definition) is 2. The molecule has 1 aromatic rings. The largest absolute Gasteiger partial charge is 0.377 e. The van der Waals surface area contributed by atoms with Gasteiger partial charge in [-0.1, -0.05) is 18.2 Å². The number of rotatable bonds is 7. The third-order valence-corrected chi connectivity index (χ3v) is 4.74. The minimum Gasteiger partial charge on any atom is -0.377 e. The number of guanidine groups is 1. The molecule has 2 fully saturated rings. The molecule has 0 aliphatic carbocycles. The van der Waals surface area contributed by atoms with Crippen LogP contribution in [0.1, 0.15) is 19.3 Å². The molecule has 0 spiro atoms. The smallest absolute Gasteiger partial charge is 0.191 e.